The molecule has 134 valence electrons. The lowest BCUT2D eigenvalue weighted by Crippen LogP contribution is -2.49. The molecule has 0 saturated heterocycles. The normalized spacial score (nSPS) is 12.7. The molecule has 0 atom stereocenters. The first-order valence-electron chi connectivity index (χ1n) is 8.61. The van der Waals surface area contributed by atoms with Crippen molar-refractivity contribution < 1.29 is 18.8 Å². The van der Waals surface area contributed by atoms with Gasteiger partial charge in [-0.05, 0) is 29.0 Å². The van der Waals surface area contributed by atoms with Gasteiger partial charge in [-0.1, -0.05) is 55.4 Å². The minimum Gasteiger partial charge on any atom is -0.515 e. The van der Waals surface area contributed by atoms with Gasteiger partial charge in [-0.15, -0.1) is 0 Å². The Labute approximate surface area is 142 Å². The van der Waals surface area contributed by atoms with Crippen LogP contribution in [0, 0.1) is 5.92 Å². The summed E-state index contributed by atoms with van der Waals surface area (Å²) in [5.74, 6) is -0.450. The molecule has 0 aromatic rings. The quantitative estimate of drug-likeness (QED) is 0.341. The molecule has 0 aromatic carbocycles. The molecule has 0 saturated carbocycles. The van der Waals surface area contributed by atoms with Crippen molar-refractivity contribution in [2.24, 2.45) is 5.92 Å². The number of rotatable bonds is 9. The van der Waals surface area contributed by atoms with Gasteiger partial charge in [0.2, 0.25) is 0 Å². The molecular weight excluding hydrogens is 308 g/mol. The second-order valence-electron chi connectivity index (χ2n) is 7.42. The zero-order valence-electron chi connectivity index (χ0n) is 16.0. The van der Waals surface area contributed by atoms with Gasteiger partial charge in [0.15, 0.2) is 0 Å². The summed E-state index contributed by atoms with van der Waals surface area (Å²) in [5, 5.41) is 0. The van der Waals surface area contributed by atoms with Crippen molar-refractivity contribution in [2.75, 3.05) is 6.61 Å². The topological polar surface area (TPSA) is 52.6 Å². The van der Waals surface area contributed by atoms with E-state index in [1.807, 2.05) is 0 Å². The van der Waals surface area contributed by atoms with Crippen LogP contribution >= 0.6 is 0 Å². The maximum absolute atomic E-state index is 12.2. The van der Waals surface area contributed by atoms with Crippen molar-refractivity contribution in [2.45, 2.75) is 78.4 Å². The lowest BCUT2D eigenvalue weighted by molar-refractivity contribution is -0.138. The fraction of sp³-hybridized carbons (Fsp3) is 0.778. The zero-order valence-corrected chi connectivity index (χ0v) is 17.0. The first-order chi connectivity index (χ1) is 10.5. The predicted molar refractivity (Wildman–Crippen MR) is 96.7 cm³/mol. The van der Waals surface area contributed by atoms with Crippen LogP contribution in [-0.2, 0) is 18.8 Å². The molecule has 0 bridgehead atoms. The molecule has 5 heteroatoms. The molecule has 0 unspecified atom stereocenters. The van der Waals surface area contributed by atoms with E-state index in [1.165, 1.54) is 12.2 Å². The molecule has 0 fully saturated rings. The van der Waals surface area contributed by atoms with Crippen LogP contribution in [0.15, 0.2) is 12.2 Å². The number of carbonyl (C=O) groups excluding carboxylic acids is 2. The summed E-state index contributed by atoms with van der Waals surface area (Å²) in [4.78, 5) is 23.8. The second kappa shape index (κ2) is 9.91. The average Bonchev–Trinajstić information content (AvgIpc) is 2.40. The van der Waals surface area contributed by atoms with Gasteiger partial charge in [0.05, 0.1) is 6.61 Å². The van der Waals surface area contributed by atoms with Crippen LogP contribution in [-0.4, -0.2) is 26.9 Å². The highest BCUT2D eigenvalue weighted by atomic mass is 28.4. The van der Waals surface area contributed by atoms with Gasteiger partial charge in [-0.25, -0.2) is 9.59 Å². The van der Waals surface area contributed by atoms with Crippen molar-refractivity contribution in [1.82, 2.24) is 0 Å². The Morgan fingerprint density at radius 1 is 0.826 bits per heavy atom. The van der Waals surface area contributed by atoms with Gasteiger partial charge < -0.3 is 9.16 Å². The second-order valence-corrected chi connectivity index (χ2v) is 12.8. The average molecular weight is 343 g/mol. The standard InChI is InChI=1S/C18H34O4Si/c1-13(2)11-12-21-17(19)9-10-18(20)22-23(14(3)4,15(5)6)16(7)8/h9-10,13-16H,11-12H2,1-8H3. The fourth-order valence-corrected chi connectivity index (χ4v) is 8.26. The van der Waals surface area contributed by atoms with Gasteiger partial charge in [-0.2, -0.15) is 0 Å². The minimum atomic E-state index is -2.26. The Balaban J connectivity index is 4.77. The lowest BCUT2D eigenvalue weighted by Gasteiger charge is -2.40. The summed E-state index contributed by atoms with van der Waals surface area (Å²) in [6, 6.07) is 0. The molecule has 0 amide bonds. The van der Waals surface area contributed by atoms with E-state index >= 15 is 0 Å². The van der Waals surface area contributed by atoms with E-state index in [-0.39, 0.29) is 0 Å². The van der Waals surface area contributed by atoms with E-state index < -0.39 is 20.3 Å². The van der Waals surface area contributed by atoms with E-state index in [4.69, 9.17) is 9.16 Å². The smallest absolute Gasteiger partial charge is 0.331 e. The van der Waals surface area contributed by atoms with Crippen LogP contribution in [0.25, 0.3) is 0 Å². The van der Waals surface area contributed by atoms with Gasteiger partial charge in [0.25, 0.3) is 8.32 Å². The molecule has 0 aliphatic carbocycles. The van der Waals surface area contributed by atoms with Crippen molar-refractivity contribution in [3.63, 3.8) is 0 Å². The molecule has 4 nitrogen and oxygen atoms in total. The van der Waals surface area contributed by atoms with E-state index in [0.29, 0.717) is 29.1 Å². The third-order valence-electron chi connectivity index (χ3n) is 4.28. The largest absolute Gasteiger partial charge is 0.515 e. The Morgan fingerprint density at radius 2 is 1.26 bits per heavy atom. The van der Waals surface area contributed by atoms with Crippen LogP contribution in [0.3, 0.4) is 0 Å². The molecule has 0 aromatic heterocycles. The first-order valence-corrected chi connectivity index (χ1v) is 10.8. The minimum absolute atomic E-state index is 0.317. The molecule has 0 aliphatic rings. The van der Waals surface area contributed by atoms with Crippen molar-refractivity contribution in [1.29, 1.82) is 0 Å². The Morgan fingerprint density at radius 3 is 1.65 bits per heavy atom. The van der Waals surface area contributed by atoms with Crippen LogP contribution in [0.4, 0.5) is 0 Å². The van der Waals surface area contributed by atoms with E-state index in [9.17, 15) is 9.59 Å². The number of ether oxygens (including phenoxy) is 1. The lowest BCUT2D eigenvalue weighted by atomic mass is 10.1. The van der Waals surface area contributed by atoms with Crippen LogP contribution < -0.4 is 0 Å². The van der Waals surface area contributed by atoms with Gasteiger partial charge in [0, 0.05) is 12.2 Å². The number of carbonyl (C=O) groups is 2. The van der Waals surface area contributed by atoms with Gasteiger partial charge in [-0.3, -0.25) is 0 Å². The maximum Gasteiger partial charge on any atom is 0.331 e. The number of esters is 1. The zero-order chi connectivity index (χ0) is 18.2. The maximum atomic E-state index is 12.2. The summed E-state index contributed by atoms with van der Waals surface area (Å²) in [5.41, 5.74) is 0.952. The molecule has 23 heavy (non-hydrogen) atoms. The summed E-state index contributed by atoms with van der Waals surface area (Å²) in [7, 11) is -2.26. The van der Waals surface area contributed by atoms with Gasteiger partial charge in [0.1, 0.15) is 0 Å². The highest BCUT2D eigenvalue weighted by Crippen LogP contribution is 2.42. The highest BCUT2D eigenvalue weighted by Gasteiger charge is 2.47. The Hall–Kier alpha value is -1.10. The molecule has 0 rings (SSSR count). The van der Waals surface area contributed by atoms with E-state index in [1.54, 1.807) is 0 Å². The predicted octanol–water partition coefficient (Wildman–Crippen LogP) is 4.85. The van der Waals surface area contributed by atoms with E-state index in [0.717, 1.165) is 6.42 Å². The summed E-state index contributed by atoms with van der Waals surface area (Å²) in [6.45, 7) is 17.2. The SMILES string of the molecule is CC(C)CCOC(=O)C=CC(=O)O[Si](C(C)C)(C(C)C)C(C)C. The highest BCUT2D eigenvalue weighted by molar-refractivity contribution is 6.79. The third kappa shape index (κ3) is 6.90. The number of hydrogen-bond donors (Lipinski definition) is 0. The molecule has 0 heterocycles. The monoisotopic (exact) mass is 342 g/mol. The summed E-state index contributed by atoms with van der Waals surface area (Å²) >= 11 is 0. The van der Waals surface area contributed by atoms with Crippen LogP contribution in [0.2, 0.25) is 16.6 Å². The fourth-order valence-electron chi connectivity index (χ4n) is 3.14. The Bertz CT molecular complexity index is 389. The van der Waals surface area contributed by atoms with Crippen LogP contribution in [0.5, 0.6) is 0 Å². The van der Waals surface area contributed by atoms with Crippen molar-refractivity contribution in [3.05, 3.63) is 12.2 Å². The first kappa shape index (κ1) is 21.9. The molecule has 0 radical (unpaired) electrons. The molecule has 0 aliphatic heterocycles. The summed E-state index contributed by atoms with van der Waals surface area (Å²) < 4.78 is 11.0. The summed E-state index contributed by atoms with van der Waals surface area (Å²) in [6.07, 6.45) is 3.18. The Kier molecular flexibility index (Phi) is 9.43. The third-order valence-corrected chi connectivity index (χ3v) is 10.2. The van der Waals surface area contributed by atoms with E-state index in [2.05, 4.69) is 55.4 Å². The van der Waals surface area contributed by atoms with Gasteiger partial charge >= 0.3 is 11.9 Å². The molecule has 0 spiro atoms. The van der Waals surface area contributed by atoms with Crippen molar-refractivity contribution in [3.8, 4) is 0 Å². The van der Waals surface area contributed by atoms with Crippen molar-refractivity contribution >= 4 is 20.3 Å². The molecular formula is C18H34O4Si. The van der Waals surface area contributed by atoms with Crippen LogP contribution in [0.1, 0.15) is 61.8 Å². The number of hydrogen-bond acceptors (Lipinski definition) is 4. The molecule has 0 N–H and O–H groups in total.